The summed E-state index contributed by atoms with van der Waals surface area (Å²) in [5, 5.41) is 8.39. The molecule has 0 aliphatic rings. The number of ether oxygens (including phenoxy) is 2. The lowest BCUT2D eigenvalue weighted by Crippen LogP contribution is -2.03. The topological polar surface area (TPSA) is 74.1 Å². The molecule has 0 spiro atoms. The van der Waals surface area contributed by atoms with Gasteiger partial charge in [0.25, 0.3) is 0 Å². The summed E-state index contributed by atoms with van der Waals surface area (Å²) in [6.45, 7) is 0.592. The van der Waals surface area contributed by atoms with Crippen LogP contribution in [0.3, 0.4) is 0 Å². The average Bonchev–Trinajstić information content (AvgIpc) is 2.94. The van der Waals surface area contributed by atoms with Crippen molar-refractivity contribution >= 4 is 16.9 Å². The van der Waals surface area contributed by atoms with E-state index < -0.39 is 0 Å². The molecule has 7 heteroatoms. The molecule has 0 saturated carbocycles. The summed E-state index contributed by atoms with van der Waals surface area (Å²) in [6.07, 6.45) is 3.28. The second-order valence-corrected chi connectivity index (χ2v) is 4.80. The Hall–Kier alpha value is -2.83. The van der Waals surface area contributed by atoms with E-state index in [1.54, 1.807) is 25.1 Å². The van der Waals surface area contributed by atoms with Crippen molar-refractivity contribution in [3.05, 3.63) is 36.3 Å². The molecule has 114 valence electrons. The minimum atomic E-state index is 0.592. The molecule has 1 aromatic carbocycles. The first kappa shape index (κ1) is 14.1. The Kier molecular flexibility index (Phi) is 3.78. The molecule has 0 bridgehead atoms. The number of methoxy groups -OCH3 is 2. The van der Waals surface area contributed by atoms with E-state index in [2.05, 4.69) is 20.4 Å². The van der Waals surface area contributed by atoms with E-state index in [1.165, 1.54) is 6.33 Å². The second-order valence-electron chi connectivity index (χ2n) is 4.80. The zero-order valence-corrected chi connectivity index (χ0v) is 12.7. The number of nitrogens with one attached hydrogen (secondary N) is 1. The van der Waals surface area contributed by atoms with Gasteiger partial charge in [-0.15, -0.1) is 0 Å². The Labute approximate surface area is 127 Å². The number of benzene rings is 1. The molecule has 0 saturated heterocycles. The highest BCUT2D eigenvalue weighted by Crippen LogP contribution is 2.24. The summed E-state index contributed by atoms with van der Waals surface area (Å²) in [5.41, 5.74) is 1.83. The summed E-state index contributed by atoms with van der Waals surface area (Å²) < 4.78 is 12.3. The number of fused-ring (bicyclic) bond motifs is 1. The molecular formula is C15H17N5O2. The normalized spacial score (nSPS) is 10.7. The van der Waals surface area contributed by atoms with Crippen molar-refractivity contribution in [1.82, 2.24) is 19.7 Å². The fourth-order valence-electron chi connectivity index (χ4n) is 2.26. The fraction of sp³-hybridized carbons (Fsp3) is 0.267. The Bertz CT molecular complexity index is 777. The van der Waals surface area contributed by atoms with Gasteiger partial charge in [0.15, 0.2) is 5.65 Å². The van der Waals surface area contributed by atoms with E-state index in [0.29, 0.717) is 6.54 Å². The van der Waals surface area contributed by atoms with Crippen LogP contribution >= 0.6 is 0 Å². The van der Waals surface area contributed by atoms with Gasteiger partial charge in [-0.05, 0) is 17.7 Å². The van der Waals surface area contributed by atoms with Gasteiger partial charge in [0.05, 0.1) is 25.8 Å². The maximum Gasteiger partial charge on any atom is 0.163 e. The fourth-order valence-corrected chi connectivity index (χ4v) is 2.26. The summed E-state index contributed by atoms with van der Waals surface area (Å²) in [7, 11) is 5.12. The highest BCUT2D eigenvalue weighted by Gasteiger charge is 2.08. The zero-order chi connectivity index (χ0) is 15.5. The highest BCUT2D eigenvalue weighted by atomic mass is 16.5. The molecule has 22 heavy (non-hydrogen) atoms. The number of hydrogen-bond acceptors (Lipinski definition) is 6. The van der Waals surface area contributed by atoms with Crippen LogP contribution in [0, 0.1) is 0 Å². The molecule has 3 aromatic rings. The van der Waals surface area contributed by atoms with Crippen molar-refractivity contribution in [3.63, 3.8) is 0 Å². The SMILES string of the molecule is COc1cc(CNc2ncnc3c2cnn3C)cc(OC)c1. The van der Waals surface area contributed by atoms with E-state index in [4.69, 9.17) is 9.47 Å². The molecule has 0 amide bonds. The number of aromatic nitrogens is 4. The first-order valence-electron chi connectivity index (χ1n) is 6.80. The first-order chi connectivity index (χ1) is 10.7. The molecule has 2 heterocycles. The maximum absolute atomic E-state index is 5.28. The minimum Gasteiger partial charge on any atom is -0.497 e. The molecule has 3 rings (SSSR count). The number of nitrogens with zero attached hydrogens (tertiary/aromatic N) is 4. The summed E-state index contributed by atoms with van der Waals surface area (Å²) in [5.74, 6) is 2.26. The van der Waals surface area contributed by atoms with E-state index in [-0.39, 0.29) is 0 Å². The van der Waals surface area contributed by atoms with Gasteiger partial charge >= 0.3 is 0 Å². The maximum atomic E-state index is 5.28. The summed E-state index contributed by atoms with van der Waals surface area (Å²) in [6, 6.07) is 5.75. The highest BCUT2D eigenvalue weighted by molar-refractivity contribution is 5.85. The van der Waals surface area contributed by atoms with Crippen molar-refractivity contribution in [2.45, 2.75) is 6.54 Å². The second kappa shape index (κ2) is 5.88. The van der Waals surface area contributed by atoms with Crippen LogP contribution in [0.5, 0.6) is 11.5 Å². The van der Waals surface area contributed by atoms with Crippen LogP contribution in [0.15, 0.2) is 30.7 Å². The zero-order valence-electron chi connectivity index (χ0n) is 12.7. The Morgan fingerprint density at radius 2 is 1.82 bits per heavy atom. The molecule has 0 atom stereocenters. The number of rotatable bonds is 5. The molecule has 1 N–H and O–H groups in total. The Morgan fingerprint density at radius 3 is 2.50 bits per heavy atom. The van der Waals surface area contributed by atoms with Gasteiger partial charge in [0, 0.05) is 19.7 Å². The van der Waals surface area contributed by atoms with E-state index in [0.717, 1.165) is 33.9 Å². The summed E-state index contributed by atoms with van der Waals surface area (Å²) >= 11 is 0. The molecule has 0 fully saturated rings. The van der Waals surface area contributed by atoms with Crippen LogP contribution in [0.4, 0.5) is 5.82 Å². The van der Waals surface area contributed by atoms with E-state index in [9.17, 15) is 0 Å². The average molecular weight is 299 g/mol. The number of anilines is 1. The van der Waals surface area contributed by atoms with Gasteiger partial charge < -0.3 is 14.8 Å². The number of hydrogen-bond donors (Lipinski definition) is 1. The summed E-state index contributed by atoms with van der Waals surface area (Å²) in [4.78, 5) is 8.50. The van der Waals surface area contributed by atoms with Gasteiger partial charge in [-0.25, -0.2) is 9.97 Å². The molecule has 0 aliphatic carbocycles. The molecule has 0 unspecified atom stereocenters. The lowest BCUT2D eigenvalue weighted by atomic mass is 10.2. The molecule has 0 aliphatic heterocycles. The lowest BCUT2D eigenvalue weighted by molar-refractivity contribution is 0.393. The minimum absolute atomic E-state index is 0.592. The molecule has 0 radical (unpaired) electrons. The van der Waals surface area contributed by atoms with Gasteiger partial charge in [0.1, 0.15) is 23.6 Å². The molecule has 7 nitrogen and oxygen atoms in total. The largest absolute Gasteiger partial charge is 0.497 e. The van der Waals surface area contributed by atoms with E-state index >= 15 is 0 Å². The molecule has 2 aromatic heterocycles. The third-order valence-electron chi connectivity index (χ3n) is 3.40. The van der Waals surface area contributed by atoms with Crippen LogP contribution in [0.25, 0.3) is 11.0 Å². The quantitative estimate of drug-likeness (QED) is 0.776. The van der Waals surface area contributed by atoms with Crippen LogP contribution in [-0.4, -0.2) is 34.0 Å². The third kappa shape index (κ3) is 2.65. The van der Waals surface area contributed by atoms with Crippen molar-refractivity contribution in [1.29, 1.82) is 0 Å². The first-order valence-corrected chi connectivity index (χ1v) is 6.80. The van der Waals surface area contributed by atoms with Crippen LogP contribution in [0.2, 0.25) is 0 Å². The lowest BCUT2D eigenvalue weighted by Gasteiger charge is -2.10. The van der Waals surface area contributed by atoms with Gasteiger partial charge in [-0.1, -0.05) is 0 Å². The third-order valence-corrected chi connectivity index (χ3v) is 3.40. The Balaban J connectivity index is 1.85. The van der Waals surface area contributed by atoms with Gasteiger partial charge in [-0.3, -0.25) is 4.68 Å². The van der Waals surface area contributed by atoms with Gasteiger partial charge in [0.2, 0.25) is 0 Å². The van der Waals surface area contributed by atoms with Crippen LogP contribution in [-0.2, 0) is 13.6 Å². The van der Waals surface area contributed by atoms with Crippen molar-refractivity contribution in [2.24, 2.45) is 7.05 Å². The Morgan fingerprint density at radius 1 is 1.09 bits per heavy atom. The predicted octanol–water partition coefficient (Wildman–Crippen LogP) is 1.99. The smallest absolute Gasteiger partial charge is 0.163 e. The van der Waals surface area contributed by atoms with Crippen molar-refractivity contribution < 1.29 is 9.47 Å². The van der Waals surface area contributed by atoms with Crippen molar-refractivity contribution in [2.75, 3.05) is 19.5 Å². The monoisotopic (exact) mass is 299 g/mol. The van der Waals surface area contributed by atoms with Crippen LogP contribution < -0.4 is 14.8 Å². The van der Waals surface area contributed by atoms with Crippen molar-refractivity contribution in [3.8, 4) is 11.5 Å². The van der Waals surface area contributed by atoms with Crippen LogP contribution in [0.1, 0.15) is 5.56 Å². The van der Waals surface area contributed by atoms with E-state index in [1.807, 2.05) is 25.2 Å². The predicted molar refractivity (Wildman–Crippen MR) is 83.2 cm³/mol. The molecular weight excluding hydrogens is 282 g/mol. The standard InChI is InChI=1S/C15H17N5O2/c1-20-15-13(8-19-20)14(17-9-18-15)16-7-10-4-11(21-2)6-12(5-10)22-3/h4-6,8-9H,7H2,1-3H3,(H,16,17,18). The van der Waals surface area contributed by atoms with Gasteiger partial charge in [-0.2, -0.15) is 5.10 Å². The number of aryl methyl sites for hydroxylation is 1.